The first-order valence-corrected chi connectivity index (χ1v) is 8.44. The zero-order valence-corrected chi connectivity index (χ0v) is 13.8. The standard InChI is InChI=1S/C15H23N5S/c1-4-16-15-18-13(12-9-10(2)21-14(12)19-15)17-11-5-7-20(3)8-6-11/h9,11H,4-8H2,1-3H3,(H2,16,17,18,19). The van der Waals surface area contributed by atoms with Gasteiger partial charge >= 0.3 is 0 Å². The van der Waals surface area contributed by atoms with Gasteiger partial charge in [0, 0.05) is 17.5 Å². The fourth-order valence-corrected chi connectivity index (χ4v) is 3.61. The largest absolute Gasteiger partial charge is 0.367 e. The van der Waals surface area contributed by atoms with Gasteiger partial charge in [-0.1, -0.05) is 0 Å². The Hall–Kier alpha value is -1.40. The predicted molar refractivity (Wildman–Crippen MR) is 90.5 cm³/mol. The first-order valence-electron chi connectivity index (χ1n) is 7.63. The van der Waals surface area contributed by atoms with Crippen molar-refractivity contribution < 1.29 is 0 Å². The molecule has 2 N–H and O–H groups in total. The van der Waals surface area contributed by atoms with Crippen LogP contribution < -0.4 is 10.6 Å². The summed E-state index contributed by atoms with van der Waals surface area (Å²) in [5.41, 5.74) is 0. The number of aromatic nitrogens is 2. The second kappa shape index (κ2) is 6.15. The van der Waals surface area contributed by atoms with Crippen molar-refractivity contribution in [2.24, 2.45) is 0 Å². The summed E-state index contributed by atoms with van der Waals surface area (Å²) < 4.78 is 0. The quantitative estimate of drug-likeness (QED) is 0.909. The molecule has 6 heteroatoms. The van der Waals surface area contributed by atoms with E-state index in [0.29, 0.717) is 6.04 Å². The third-order valence-corrected chi connectivity index (χ3v) is 4.85. The fourth-order valence-electron chi connectivity index (χ4n) is 2.74. The number of aryl methyl sites for hydroxylation is 1. The number of nitrogens with zero attached hydrogens (tertiary/aromatic N) is 3. The first-order chi connectivity index (χ1) is 10.2. The van der Waals surface area contributed by atoms with Crippen molar-refractivity contribution in [2.75, 3.05) is 37.3 Å². The second-order valence-electron chi connectivity index (χ2n) is 5.72. The molecule has 3 heterocycles. The molecule has 1 aliphatic heterocycles. The van der Waals surface area contributed by atoms with Crippen LogP contribution in [0.15, 0.2) is 6.07 Å². The highest BCUT2D eigenvalue weighted by atomic mass is 32.1. The van der Waals surface area contributed by atoms with E-state index in [9.17, 15) is 0 Å². The molecule has 1 fully saturated rings. The van der Waals surface area contributed by atoms with Crippen LogP contribution >= 0.6 is 11.3 Å². The van der Waals surface area contributed by atoms with Crippen molar-refractivity contribution >= 4 is 33.3 Å². The van der Waals surface area contributed by atoms with E-state index >= 15 is 0 Å². The molecule has 114 valence electrons. The van der Waals surface area contributed by atoms with Crippen molar-refractivity contribution in [3.63, 3.8) is 0 Å². The summed E-state index contributed by atoms with van der Waals surface area (Å²) in [6.45, 7) is 7.32. The maximum absolute atomic E-state index is 4.68. The van der Waals surface area contributed by atoms with E-state index in [1.165, 1.54) is 17.7 Å². The molecule has 0 bridgehead atoms. The normalized spacial score (nSPS) is 17.3. The molecule has 1 saturated heterocycles. The molecule has 0 atom stereocenters. The van der Waals surface area contributed by atoms with Gasteiger partial charge in [0.1, 0.15) is 10.6 Å². The lowest BCUT2D eigenvalue weighted by Crippen LogP contribution is -2.36. The number of piperidine rings is 1. The van der Waals surface area contributed by atoms with E-state index in [1.807, 2.05) is 0 Å². The van der Waals surface area contributed by atoms with Gasteiger partial charge < -0.3 is 15.5 Å². The average molecular weight is 305 g/mol. The summed E-state index contributed by atoms with van der Waals surface area (Å²) in [4.78, 5) is 14.0. The van der Waals surface area contributed by atoms with Crippen molar-refractivity contribution in [2.45, 2.75) is 32.7 Å². The van der Waals surface area contributed by atoms with Crippen LogP contribution in [0.5, 0.6) is 0 Å². The van der Waals surface area contributed by atoms with Crippen LogP contribution in [0.1, 0.15) is 24.6 Å². The molecule has 3 rings (SSSR count). The Morgan fingerprint density at radius 3 is 2.81 bits per heavy atom. The number of nitrogens with one attached hydrogen (secondary N) is 2. The van der Waals surface area contributed by atoms with Gasteiger partial charge in [-0.05, 0) is 52.9 Å². The maximum Gasteiger partial charge on any atom is 0.226 e. The summed E-state index contributed by atoms with van der Waals surface area (Å²) in [5.74, 6) is 1.71. The number of likely N-dealkylation sites (tertiary alicyclic amines) is 1. The number of thiophene rings is 1. The monoisotopic (exact) mass is 305 g/mol. The number of rotatable bonds is 4. The van der Waals surface area contributed by atoms with Gasteiger partial charge in [0.2, 0.25) is 5.95 Å². The van der Waals surface area contributed by atoms with Crippen molar-refractivity contribution in [3.8, 4) is 0 Å². The summed E-state index contributed by atoms with van der Waals surface area (Å²) in [6, 6.07) is 2.70. The zero-order chi connectivity index (χ0) is 14.8. The number of hydrogen-bond acceptors (Lipinski definition) is 6. The van der Waals surface area contributed by atoms with E-state index in [-0.39, 0.29) is 0 Å². The number of anilines is 2. The van der Waals surface area contributed by atoms with Crippen LogP contribution in [0.2, 0.25) is 0 Å². The topological polar surface area (TPSA) is 53.1 Å². The molecular weight excluding hydrogens is 282 g/mol. The number of hydrogen-bond donors (Lipinski definition) is 2. The molecule has 1 aliphatic rings. The maximum atomic E-state index is 4.68. The van der Waals surface area contributed by atoms with Crippen LogP contribution in [0.3, 0.4) is 0 Å². The van der Waals surface area contributed by atoms with Crippen molar-refractivity contribution in [1.82, 2.24) is 14.9 Å². The third-order valence-electron chi connectivity index (χ3n) is 3.91. The van der Waals surface area contributed by atoms with E-state index in [1.54, 1.807) is 11.3 Å². The van der Waals surface area contributed by atoms with Gasteiger partial charge in [-0.2, -0.15) is 4.98 Å². The Balaban J connectivity index is 1.88. The van der Waals surface area contributed by atoms with E-state index in [0.717, 1.165) is 41.6 Å². The predicted octanol–water partition coefficient (Wildman–Crippen LogP) is 2.94. The third kappa shape index (κ3) is 3.27. The molecule has 2 aromatic rings. The van der Waals surface area contributed by atoms with Gasteiger partial charge in [0.25, 0.3) is 0 Å². The lowest BCUT2D eigenvalue weighted by Gasteiger charge is -2.30. The van der Waals surface area contributed by atoms with Gasteiger partial charge in [0.15, 0.2) is 0 Å². The molecule has 0 amide bonds. The summed E-state index contributed by atoms with van der Waals surface area (Å²) in [5, 5.41) is 8.03. The molecular formula is C15H23N5S. The molecule has 0 aliphatic carbocycles. The Kier molecular flexibility index (Phi) is 4.26. The first kappa shape index (κ1) is 14.5. The van der Waals surface area contributed by atoms with Crippen LogP contribution in [-0.2, 0) is 0 Å². The van der Waals surface area contributed by atoms with Gasteiger partial charge in [-0.3, -0.25) is 0 Å². The molecule has 0 aromatic carbocycles. The van der Waals surface area contributed by atoms with Gasteiger partial charge in [-0.15, -0.1) is 11.3 Å². The van der Waals surface area contributed by atoms with Crippen LogP contribution in [-0.4, -0.2) is 47.6 Å². The smallest absolute Gasteiger partial charge is 0.226 e. The summed E-state index contributed by atoms with van der Waals surface area (Å²) >= 11 is 1.73. The van der Waals surface area contributed by atoms with Gasteiger partial charge in [-0.25, -0.2) is 4.98 Å². The molecule has 21 heavy (non-hydrogen) atoms. The average Bonchev–Trinajstić information content (AvgIpc) is 2.82. The SMILES string of the molecule is CCNc1nc(NC2CCN(C)CC2)c2cc(C)sc2n1. The van der Waals surface area contributed by atoms with E-state index in [2.05, 4.69) is 52.5 Å². The highest BCUT2D eigenvalue weighted by molar-refractivity contribution is 7.18. The minimum atomic E-state index is 0.508. The molecule has 0 unspecified atom stereocenters. The summed E-state index contributed by atoms with van der Waals surface area (Å²) in [7, 11) is 2.19. The molecule has 0 saturated carbocycles. The Bertz CT molecular complexity index is 616. The van der Waals surface area contributed by atoms with Crippen LogP contribution in [0.25, 0.3) is 10.2 Å². The van der Waals surface area contributed by atoms with E-state index < -0.39 is 0 Å². The second-order valence-corrected chi connectivity index (χ2v) is 6.96. The fraction of sp³-hybridized carbons (Fsp3) is 0.600. The molecule has 5 nitrogen and oxygen atoms in total. The lowest BCUT2D eigenvalue weighted by molar-refractivity contribution is 0.264. The van der Waals surface area contributed by atoms with Crippen LogP contribution in [0, 0.1) is 6.92 Å². The zero-order valence-electron chi connectivity index (χ0n) is 12.9. The van der Waals surface area contributed by atoms with Crippen molar-refractivity contribution in [3.05, 3.63) is 10.9 Å². The highest BCUT2D eigenvalue weighted by Gasteiger charge is 2.19. The van der Waals surface area contributed by atoms with E-state index in [4.69, 9.17) is 0 Å². The molecule has 2 aromatic heterocycles. The minimum absolute atomic E-state index is 0.508. The van der Waals surface area contributed by atoms with Gasteiger partial charge in [0.05, 0.1) is 5.39 Å². The minimum Gasteiger partial charge on any atom is -0.367 e. The van der Waals surface area contributed by atoms with Crippen LogP contribution in [0.4, 0.5) is 11.8 Å². The molecule has 0 radical (unpaired) electrons. The Morgan fingerprint density at radius 1 is 1.33 bits per heavy atom. The highest BCUT2D eigenvalue weighted by Crippen LogP contribution is 2.30. The Morgan fingerprint density at radius 2 is 2.10 bits per heavy atom. The summed E-state index contributed by atoms with van der Waals surface area (Å²) in [6.07, 6.45) is 2.34. The van der Waals surface area contributed by atoms with Crippen molar-refractivity contribution in [1.29, 1.82) is 0 Å². The lowest BCUT2D eigenvalue weighted by atomic mass is 10.1. The number of fused-ring (bicyclic) bond motifs is 1. The Labute approximate surface area is 129 Å². The molecule has 0 spiro atoms.